The molecule has 0 heterocycles. The third-order valence-electron chi connectivity index (χ3n) is 0.744. The highest BCUT2D eigenvalue weighted by Crippen LogP contribution is 1.39. The molecule has 0 radical (unpaired) electrons. The average molecular weight is 176 g/mol. The van der Waals surface area contributed by atoms with Gasteiger partial charge in [0.1, 0.15) is 0 Å². The van der Waals surface area contributed by atoms with Gasteiger partial charge in [0.2, 0.25) is 12.8 Å². The number of carbonyl (C=O) groups excluding carboxylic acids is 2. The maximum absolute atomic E-state index is 9.40. The summed E-state index contributed by atoms with van der Waals surface area (Å²) < 4.78 is 0. The van der Waals surface area contributed by atoms with Gasteiger partial charge in [-0.05, 0) is 0 Å². The van der Waals surface area contributed by atoms with E-state index in [9.17, 15) is 9.59 Å². The lowest BCUT2D eigenvalue weighted by atomic mass is 10.7. The standard InChI is InChI=1S/2C3H8N2O/c2*4-1-2-5-3-6/h2*3H,1-2,4H2,(H,5,6). The molecule has 0 saturated carbocycles. The molecule has 0 aromatic heterocycles. The van der Waals surface area contributed by atoms with Crippen molar-refractivity contribution in [3.63, 3.8) is 0 Å². The maximum atomic E-state index is 9.40. The van der Waals surface area contributed by atoms with Crippen molar-refractivity contribution in [2.24, 2.45) is 11.5 Å². The van der Waals surface area contributed by atoms with Crippen LogP contribution in [0.1, 0.15) is 0 Å². The summed E-state index contributed by atoms with van der Waals surface area (Å²) in [4.78, 5) is 18.8. The van der Waals surface area contributed by atoms with Crippen LogP contribution in [0.15, 0.2) is 0 Å². The minimum Gasteiger partial charge on any atom is -0.357 e. The van der Waals surface area contributed by atoms with Gasteiger partial charge in [0.05, 0.1) is 0 Å². The van der Waals surface area contributed by atoms with E-state index in [1.165, 1.54) is 0 Å². The Morgan fingerprint density at radius 1 is 0.917 bits per heavy atom. The van der Waals surface area contributed by atoms with Gasteiger partial charge >= 0.3 is 0 Å². The minimum absolute atomic E-state index is 0.513. The topological polar surface area (TPSA) is 110 Å². The molecule has 6 nitrogen and oxygen atoms in total. The van der Waals surface area contributed by atoms with E-state index in [1.54, 1.807) is 0 Å². The molecule has 0 rings (SSSR count). The Labute approximate surface area is 71.7 Å². The highest BCUT2D eigenvalue weighted by Gasteiger charge is 1.70. The highest BCUT2D eigenvalue weighted by atomic mass is 16.1. The van der Waals surface area contributed by atoms with Gasteiger partial charge in [0.25, 0.3) is 0 Å². The van der Waals surface area contributed by atoms with Crippen LogP contribution in [0.3, 0.4) is 0 Å². The van der Waals surface area contributed by atoms with Gasteiger partial charge in [-0.3, -0.25) is 9.59 Å². The third kappa shape index (κ3) is 23.2. The van der Waals surface area contributed by atoms with Gasteiger partial charge in [-0.25, -0.2) is 0 Å². The Hall–Kier alpha value is -1.14. The molecule has 0 aliphatic carbocycles. The number of carbonyl (C=O) groups is 2. The first-order valence-electron chi connectivity index (χ1n) is 3.57. The fourth-order valence-electron chi connectivity index (χ4n) is 0.285. The number of nitrogens with two attached hydrogens (primary N) is 2. The van der Waals surface area contributed by atoms with Gasteiger partial charge in [-0.15, -0.1) is 0 Å². The number of nitrogens with one attached hydrogen (secondary N) is 2. The first-order chi connectivity index (χ1) is 5.83. The summed E-state index contributed by atoms with van der Waals surface area (Å²) in [6, 6.07) is 0. The summed E-state index contributed by atoms with van der Waals surface area (Å²) in [6.07, 6.45) is 1.26. The highest BCUT2D eigenvalue weighted by molar-refractivity contribution is 5.45. The molecular weight excluding hydrogens is 160 g/mol. The first-order valence-corrected chi connectivity index (χ1v) is 3.57. The molecule has 0 bridgehead atoms. The fourth-order valence-corrected chi connectivity index (χ4v) is 0.285. The lowest BCUT2D eigenvalue weighted by molar-refractivity contribution is -0.110. The zero-order valence-corrected chi connectivity index (χ0v) is 6.95. The number of rotatable bonds is 6. The maximum Gasteiger partial charge on any atom is 0.207 e. The van der Waals surface area contributed by atoms with E-state index in [2.05, 4.69) is 10.6 Å². The molecule has 0 aliphatic rings. The van der Waals surface area contributed by atoms with Crippen molar-refractivity contribution in [2.45, 2.75) is 0 Å². The second-order valence-corrected chi connectivity index (χ2v) is 1.72. The number of amides is 2. The van der Waals surface area contributed by atoms with Crippen LogP contribution in [-0.4, -0.2) is 39.0 Å². The van der Waals surface area contributed by atoms with Crippen molar-refractivity contribution in [1.82, 2.24) is 10.6 Å². The Morgan fingerprint density at radius 2 is 1.25 bits per heavy atom. The number of hydrogen-bond acceptors (Lipinski definition) is 4. The predicted octanol–water partition coefficient (Wildman–Crippen LogP) is -2.62. The van der Waals surface area contributed by atoms with Crippen LogP contribution < -0.4 is 22.1 Å². The van der Waals surface area contributed by atoms with Crippen LogP contribution in [0, 0.1) is 0 Å². The molecule has 0 aromatic rings. The Bertz CT molecular complexity index is 87.5. The molecule has 2 amide bonds. The second kappa shape index (κ2) is 16.4. The van der Waals surface area contributed by atoms with E-state index in [4.69, 9.17) is 11.5 Å². The van der Waals surface area contributed by atoms with E-state index in [0.29, 0.717) is 39.0 Å². The SMILES string of the molecule is NCCNC=O.NCCNC=O. The molecule has 0 aromatic carbocycles. The van der Waals surface area contributed by atoms with Crippen LogP contribution in [0.4, 0.5) is 0 Å². The molecule has 0 spiro atoms. The molecule has 72 valence electrons. The Kier molecular flexibility index (Phi) is 18.4. The lowest BCUT2D eigenvalue weighted by Gasteiger charge is -1.86. The molecule has 0 unspecified atom stereocenters. The summed E-state index contributed by atoms with van der Waals surface area (Å²) in [5.74, 6) is 0. The summed E-state index contributed by atoms with van der Waals surface area (Å²) in [6.45, 7) is 2.17. The summed E-state index contributed by atoms with van der Waals surface area (Å²) in [5.41, 5.74) is 9.99. The number of hydrogen-bond donors (Lipinski definition) is 4. The van der Waals surface area contributed by atoms with Crippen molar-refractivity contribution in [1.29, 1.82) is 0 Å². The van der Waals surface area contributed by atoms with Crippen molar-refractivity contribution in [2.75, 3.05) is 26.2 Å². The van der Waals surface area contributed by atoms with E-state index in [1.807, 2.05) is 0 Å². The Balaban J connectivity index is 0. The Morgan fingerprint density at radius 3 is 1.33 bits per heavy atom. The van der Waals surface area contributed by atoms with Gasteiger partial charge in [-0.2, -0.15) is 0 Å². The van der Waals surface area contributed by atoms with Crippen LogP contribution >= 0.6 is 0 Å². The monoisotopic (exact) mass is 176 g/mol. The van der Waals surface area contributed by atoms with Gasteiger partial charge in [-0.1, -0.05) is 0 Å². The molecule has 12 heavy (non-hydrogen) atoms. The van der Waals surface area contributed by atoms with Gasteiger partial charge in [0.15, 0.2) is 0 Å². The molecule has 0 fully saturated rings. The van der Waals surface area contributed by atoms with Gasteiger partial charge in [0, 0.05) is 26.2 Å². The molecular formula is C6H16N4O2. The molecule has 0 saturated heterocycles. The summed E-state index contributed by atoms with van der Waals surface area (Å²) >= 11 is 0. The van der Waals surface area contributed by atoms with E-state index in [0.717, 1.165) is 0 Å². The molecule has 0 aliphatic heterocycles. The van der Waals surface area contributed by atoms with E-state index in [-0.39, 0.29) is 0 Å². The minimum atomic E-state index is 0.513. The van der Waals surface area contributed by atoms with E-state index >= 15 is 0 Å². The summed E-state index contributed by atoms with van der Waals surface area (Å²) in [7, 11) is 0. The largest absolute Gasteiger partial charge is 0.357 e. The van der Waals surface area contributed by atoms with Crippen LogP contribution in [-0.2, 0) is 9.59 Å². The van der Waals surface area contributed by atoms with Crippen molar-refractivity contribution in [3.05, 3.63) is 0 Å². The summed E-state index contributed by atoms with van der Waals surface area (Å²) in [5, 5.41) is 4.78. The van der Waals surface area contributed by atoms with Crippen LogP contribution in [0.5, 0.6) is 0 Å². The zero-order chi connectivity index (χ0) is 9.66. The van der Waals surface area contributed by atoms with Crippen LogP contribution in [0.25, 0.3) is 0 Å². The van der Waals surface area contributed by atoms with Crippen molar-refractivity contribution in [3.8, 4) is 0 Å². The average Bonchev–Trinajstić information content (AvgIpc) is 2.12. The van der Waals surface area contributed by atoms with Crippen molar-refractivity contribution >= 4 is 12.8 Å². The second-order valence-electron chi connectivity index (χ2n) is 1.72. The lowest BCUT2D eigenvalue weighted by Crippen LogP contribution is -2.20. The van der Waals surface area contributed by atoms with Crippen LogP contribution in [0.2, 0.25) is 0 Å². The third-order valence-corrected chi connectivity index (χ3v) is 0.744. The zero-order valence-electron chi connectivity index (χ0n) is 6.95. The van der Waals surface area contributed by atoms with Crippen molar-refractivity contribution < 1.29 is 9.59 Å². The fraction of sp³-hybridized carbons (Fsp3) is 0.667. The normalized spacial score (nSPS) is 7.50. The molecule has 0 atom stereocenters. The molecule has 6 N–H and O–H groups in total. The predicted molar refractivity (Wildman–Crippen MR) is 46.2 cm³/mol. The van der Waals surface area contributed by atoms with Gasteiger partial charge < -0.3 is 22.1 Å². The smallest absolute Gasteiger partial charge is 0.207 e. The first kappa shape index (κ1) is 13.4. The molecule has 6 heteroatoms. The quantitative estimate of drug-likeness (QED) is 0.262. The van der Waals surface area contributed by atoms with E-state index < -0.39 is 0 Å².